The van der Waals surface area contributed by atoms with Gasteiger partial charge in [0, 0.05) is 18.3 Å². The second-order valence-electron chi connectivity index (χ2n) is 4.77. The van der Waals surface area contributed by atoms with Crippen LogP contribution in [0, 0.1) is 5.82 Å². The molecule has 0 spiro atoms. The van der Waals surface area contributed by atoms with Gasteiger partial charge in [-0.05, 0) is 18.1 Å². The second-order valence-corrected chi connectivity index (χ2v) is 5.58. The van der Waals surface area contributed by atoms with Crippen LogP contribution in [0.5, 0.6) is 0 Å². The highest BCUT2D eigenvalue weighted by Gasteiger charge is 2.15. The molecule has 0 saturated heterocycles. The van der Waals surface area contributed by atoms with Gasteiger partial charge in [-0.25, -0.2) is 14.4 Å². The molecule has 0 aliphatic carbocycles. The number of anilines is 3. The van der Waals surface area contributed by atoms with Crippen molar-refractivity contribution in [2.75, 3.05) is 17.7 Å². The topological polar surface area (TPSA) is 49.8 Å². The smallest absolute Gasteiger partial charge is 0.160 e. The lowest BCUT2D eigenvalue weighted by atomic mass is 10.0. The summed E-state index contributed by atoms with van der Waals surface area (Å²) >= 11 is 11.6. The van der Waals surface area contributed by atoms with Crippen LogP contribution in [-0.4, -0.2) is 17.0 Å². The largest absolute Gasteiger partial charge is 0.373 e. The number of hydrogen-bond acceptors (Lipinski definition) is 4. The predicted octanol–water partition coefficient (Wildman–Crippen LogP) is 4.83. The predicted molar refractivity (Wildman–Crippen MR) is 85.4 cm³/mol. The summed E-state index contributed by atoms with van der Waals surface area (Å²) in [5.74, 6) is 0.930. The van der Waals surface area contributed by atoms with Crippen LogP contribution in [0.2, 0.25) is 10.0 Å². The number of aromatic nitrogens is 2. The monoisotopic (exact) mass is 328 g/mol. The third kappa shape index (κ3) is 3.36. The molecule has 1 aromatic carbocycles. The molecule has 0 atom stereocenters. The van der Waals surface area contributed by atoms with E-state index in [-0.39, 0.29) is 16.0 Å². The maximum Gasteiger partial charge on any atom is 0.160 e. The maximum atomic E-state index is 13.4. The minimum Gasteiger partial charge on any atom is -0.373 e. The van der Waals surface area contributed by atoms with E-state index >= 15 is 0 Å². The number of halogens is 3. The Morgan fingerprint density at radius 3 is 2.19 bits per heavy atom. The highest BCUT2D eigenvalue weighted by Crippen LogP contribution is 2.33. The molecule has 2 aromatic rings. The molecule has 4 nitrogen and oxygen atoms in total. The van der Waals surface area contributed by atoms with Crippen molar-refractivity contribution in [3.05, 3.63) is 39.9 Å². The summed E-state index contributed by atoms with van der Waals surface area (Å²) < 4.78 is 13.4. The summed E-state index contributed by atoms with van der Waals surface area (Å²) in [6.07, 6.45) is 1.45. The molecule has 7 heteroatoms. The Morgan fingerprint density at radius 2 is 1.67 bits per heavy atom. The molecule has 112 valence electrons. The Bertz CT molecular complexity index is 638. The van der Waals surface area contributed by atoms with E-state index in [0.29, 0.717) is 11.5 Å². The minimum absolute atomic E-state index is 0.0426. The first-order valence-electron chi connectivity index (χ1n) is 6.38. The van der Waals surface area contributed by atoms with Crippen LogP contribution in [0.25, 0.3) is 0 Å². The van der Waals surface area contributed by atoms with E-state index in [9.17, 15) is 4.39 Å². The molecule has 21 heavy (non-hydrogen) atoms. The van der Waals surface area contributed by atoms with E-state index in [4.69, 9.17) is 23.2 Å². The van der Waals surface area contributed by atoms with Crippen molar-refractivity contribution in [1.82, 2.24) is 9.97 Å². The van der Waals surface area contributed by atoms with Gasteiger partial charge in [-0.2, -0.15) is 0 Å². The van der Waals surface area contributed by atoms with Gasteiger partial charge in [-0.3, -0.25) is 0 Å². The first-order valence-corrected chi connectivity index (χ1v) is 7.13. The highest BCUT2D eigenvalue weighted by atomic mass is 35.5. The van der Waals surface area contributed by atoms with Gasteiger partial charge in [-0.1, -0.05) is 37.0 Å². The lowest BCUT2D eigenvalue weighted by Gasteiger charge is -2.17. The summed E-state index contributed by atoms with van der Waals surface area (Å²) in [7, 11) is 1.80. The van der Waals surface area contributed by atoms with E-state index in [1.807, 2.05) is 13.8 Å². The van der Waals surface area contributed by atoms with Crippen molar-refractivity contribution in [3.8, 4) is 0 Å². The van der Waals surface area contributed by atoms with Crippen molar-refractivity contribution in [2.45, 2.75) is 19.8 Å². The zero-order valence-electron chi connectivity index (χ0n) is 11.8. The molecule has 0 radical (unpaired) electrons. The van der Waals surface area contributed by atoms with Crippen molar-refractivity contribution in [1.29, 1.82) is 0 Å². The third-order valence-electron chi connectivity index (χ3n) is 2.94. The highest BCUT2D eigenvalue weighted by molar-refractivity contribution is 6.35. The van der Waals surface area contributed by atoms with Crippen LogP contribution in [0.3, 0.4) is 0 Å². The number of nitrogens with one attached hydrogen (secondary N) is 2. The summed E-state index contributed by atoms with van der Waals surface area (Å²) in [4.78, 5) is 8.44. The maximum absolute atomic E-state index is 13.4. The quantitative estimate of drug-likeness (QED) is 0.789. The first-order chi connectivity index (χ1) is 9.93. The van der Waals surface area contributed by atoms with Crippen molar-refractivity contribution < 1.29 is 4.39 Å². The van der Waals surface area contributed by atoms with Gasteiger partial charge in [-0.15, -0.1) is 0 Å². The average molecular weight is 329 g/mol. The van der Waals surface area contributed by atoms with Gasteiger partial charge in [0.25, 0.3) is 0 Å². The molecule has 0 amide bonds. The zero-order valence-corrected chi connectivity index (χ0v) is 13.3. The molecule has 0 bridgehead atoms. The van der Waals surface area contributed by atoms with E-state index in [1.54, 1.807) is 7.05 Å². The molecule has 0 fully saturated rings. The molecule has 0 aliphatic heterocycles. The Kier molecular flexibility index (Phi) is 4.85. The first kappa shape index (κ1) is 15.8. The van der Waals surface area contributed by atoms with Gasteiger partial charge in [0.1, 0.15) is 18.0 Å². The number of nitrogens with zero attached hydrogens (tertiary/aromatic N) is 2. The van der Waals surface area contributed by atoms with Gasteiger partial charge in [0.2, 0.25) is 0 Å². The van der Waals surface area contributed by atoms with E-state index < -0.39 is 5.82 Å². The van der Waals surface area contributed by atoms with Crippen LogP contribution in [0.15, 0.2) is 18.5 Å². The van der Waals surface area contributed by atoms with Crippen molar-refractivity contribution >= 4 is 40.5 Å². The van der Waals surface area contributed by atoms with Gasteiger partial charge in [0.05, 0.1) is 10.0 Å². The fourth-order valence-corrected chi connectivity index (χ4v) is 2.49. The molecule has 2 rings (SSSR count). The molecule has 2 N–H and O–H groups in total. The van der Waals surface area contributed by atoms with Crippen LogP contribution in [0.1, 0.15) is 25.3 Å². The van der Waals surface area contributed by atoms with Crippen LogP contribution >= 0.6 is 23.2 Å². The molecule has 1 heterocycles. The summed E-state index contributed by atoms with van der Waals surface area (Å²) in [5.41, 5.74) is 1.49. The van der Waals surface area contributed by atoms with E-state index in [1.165, 1.54) is 18.5 Å². The Labute approximate surface area is 132 Å². The number of hydrogen-bond donors (Lipinski definition) is 2. The lowest BCUT2D eigenvalue weighted by molar-refractivity contribution is 0.629. The Balaban J connectivity index is 2.44. The van der Waals surface area contributed by atoms with E-state index in [2.05, 4.69) is 20.6 Å². The molecule has 0 saturated carbocycles. The van der Waals surface area contributed by atoms with Gasteiger partial charge >= 0.3 is 0 Å². The number of benzene rings is 1. The fourth-order valence-electron chi connectivity index (χ4n) is 2.01. The SMILES string of the molecule is CNc1ncnc(Nc2cc(Cl)c(F)c(Cl)c2)c1C(C)C. The second kappa shape index (κ2) is 6.45. The van der Waals surface area contributed by atoms with Crippen LogP contribution < -0.4 is 10.6 Å². The molecule has 0 unspecified atom stereocenters. The molecular formula is C14H15Cl2FN4. The zero-order chi connectivity index (χ0) is 15.6. The Hall–Kier alpha value is -1.59. The lowest BCUT2D eigenvalue weighted by Crippen LogP contribution is -2.07. The standard InChI is InChI=1S/C14H15Cl2FN4/c1-7(2)11-13(18-3)19-6-20-14(11)21-8-4-9(15)12(17)10(16)5-8/h4-7H,1-3H3,(H2,18,19,20,21). The average Bonchev–Trinajstić information content (AvgIpc) is 2.44. The molecular weight excluding hydrogens is 314 g/mol. The summed E-state index contributed by atoms with van der Waals surface area (Å²) in [6.45, 7) is 4.07. The van der Waals surface area contributed by atoms with Gasteiger partial charge in [0.15, 0.2) is 5.82 Å². The fraction of sp³-hybridized carbons (Fsp3) is 0.286. The normalized spacial score (nSPS) is 10.8. The van der Waals surface area contributed by atoms with Crippen LogP contribution in [-0.2, 0) is 0 Å². The van der Waals surface area contributed by atoms with Crippen molar-refractivity contribution in [3.63, 3.8) is 0 Å². The summed E-state index contributed by atoms with van der Waals surface area (Å²) in [6, 6.07) is 2.93. The Morgan fingerprint density at radius 1 is 1.10 bits per heavy atom. The molecule has 1 aromatic heterocycles. The minimum atomic E-state index is -0.633. The van der Waals surface area contributed by atoms with Crippen LogP contribution in [0.4, 0.5) is 21.7 Å². The third-order valence-corrected chi connectivity index (χ3v) is 3.49. The summed E-state index contributed by atoms with van der Waals surface area (Å²) in [5, 5.41) is 6.06. The number of rotatable bonds is 4. The molecule has 0 aliphatic rings. The van der Waals surface area contributed by atoms with Crippen molar-refractivity contribution in [2.24, 2.45) is 0 Å². The van der Waals surface area contributed by atoms with Gasteiger partial charge < -0.3 is 10.6 Å². The van der Waals surface area contributed by atoms with E-state index in [0.717, 1.165) is 11.4 Å².